The van der Waals surface area contributed by atoms with Crippen molar-refractivity contribution in [2.75, 3.05) is 11.2 Å². The number of benzene rings is 1. The molecule has 1 amide bonds. The lowest BCUT2D eigenvalue weighted by Gasteiger charge is -2.09. The summed E-state index contributed by atoms with van der Waals surface area (Å²) >= 11 is 5.40. The van der Waals surface area contributed by atoms with Gasteiger partial charge >= 0.3 is 0 Å². The van der Waals surface area contributed by atoms with E-state index in [1.54, 1.807) is 0 Å². The Morgan fingerprint density at radius 3 is 2.21 bits per heavy atom. The number of carbonyl (C=O) groups is 1. The first-order chi connectivity index (χ1) is 6.54. The lowest BCUT2D eigenvalue weighted by atomic mass is 10.0. The molecule has 0 aromatic heterocycles. The average Bonchev–Trinajstić information content (AvgIpc) is 2.14. The SMILES string of the molecule is Cc1cc(NC(=O)CCl)cc(C)c1C. The van der Waals surface area contributed by atoms with Gasteiger partial charge in [0.05, 0.1) is 0 Å². The van der Waals surface area contributed by atoms with Gasteiger partial charge in [-0.1, -0.05) is 0 Å². The standard InChI is InChI=1S/C11H14ClNO/c1-7-4-10(13-11(14)6-12)5-8(2)9(7)3/h4-5H,6H2,1-3H3,(H,13,14). The summed E-state index contributed by atoms with van der Waals surface area (Å²) in [6.07, 6.45) is 0. The summed E-state index contributed by atoms with van der Waals surface area (Å²) in [5, 5.41) is 2.73. The molecular weight excluding hydrogens is 198 g/mol. The molecule has 1 rings (SSSR count). The van der Waals surface area contributed by atoms with Gasteiger partial charge in [-0.05, 0) is 49.6 Å². The molecule has 0 saturated heterocycles. The van der Waals surface area contributed by atoms with E-state index in [0.717, 1.165) is 5.69 Å². The van der Waals surface area contributed by atoms with Gasteiger partial charge in [0.25, 0.3) is 0 Å². The highest BCUT2D eigenvalue weighted by molar-refractivity contribution is 6.29. The van der Waals surface area contributed by atoms with Crippen molar-refractivity contribution in [1.82, 2.24) is 0 Å². The number of carbonyl (C=O) groups excluding carboxylic acids is 1. The molecule has 76 valence electrons. The van der Waals surface area contributed by atoms with Gasteiger partial charge in [-0.25, -0.2) is 0 Å². The van der Waals surface area contributed by atoms with E-state index in [0.29, 0.717) is 0 Å². The summed E-state index contributed by atoms with van der Waals surface area (Å²) in [4.78, 5) is 11.0. The lowest BCUT2D eigenvalue weighted by molar-refractivity contribution is -0.113. The van der Waals surface area contributed by atoms with E-state index in [4.69, 9.17) is 11.6 Å². The van der Waals surface area contributed by atoms with E-state index in [1.807, 2.05) is 26.0 Å². The smallest absolute Gasteiger partial charge is 0.239 e. The van der Waals surface area contributed by atoms with Crippen molar-refractivity contribution in [2.24, 2.45) is 0 Å². The van der Waals surface area contributed by atoms with Crippen LogP contribution in [0.25, 0.3) is 0 Å². The van der Waals surface area contributed by atoms with Crippen molar-refractivity contribution in [3.05, 3.63) is 28.8 Å². The molecule has 0 aliphatic heterocycles. The Morgan fingerprint density at radius 2 is 1.79 bits per heavy atom. The molecule has 0 spiro atoms. The normalized spacial score (nSPS) is 10.0. The highest BCUT2D eigenvalue weighted by atomic mass is 35.5. The van der Waals surface area contributed by atoms with Crippen LogP contribution in [0.3, 0.4) is 0 Å². The second-order valence-electron chi connectivity index (χ2n) is 3.42. The third kappa shape index (κ3) is 2.48. The van der Waals surface area contributed by atoms with Crippen LogP contribution < -0.4 is 5.32 Å². The predicted molar refractivity (Wildman–Crippen MR) is 60.0 cm³/mol. The maximum Gasteiger partial charge on any atom is 0.239 e. The van der Waals surface area contributed by atoms with Gasteiger partial charge in [-0.15, -0.1) is 11.6 Å². The van der Waals surface area contributed by atoms with Crippen molar-refractivity contribution in [3.8, 4) is 0 Å². The number of nitrogens with one attached hydrogen (secondary N) is 1. The van der Waals surface area contributed by atoms with E-state index < -0.39 is 0 Å². The Morgan fingerprint density at radius 1 is 1.29 bits per heavy atom. The van der Waals surface area contributed by atoms with Crippen LogP contribution in [0.5, 0.6) is 0 Å². The number of amides is 1. The van der Waals surface area contributed by atoms with Crippen molar-refractivity contribution < 1.29 is 4.79 Å². The average molecular weight is 212 g/mol. The topological polar surface area (TPSA) is 29.1 Å². The minimum atomic E-state index is -0.172. The first kappa shape index (κ1) is 11.1. The van der Waals surface area contributed by atoms with Crippen molar-refractivity contribution in [1.29, 1.82) is 0 Å². The third-order valence-electron chi connectivity index (χ3n) is 2.33. The van der Waals surface area contributed by atoms with Crippen LogP contribution in [0, 0.1) is 20.8 Å². The fourth-order valence-electron chi connectivity index (χ4n) is 1.30. The van der Waals surface area contributed by atoms with Gasteiger partial charge in [0.15, 0.2) is 0 Å². The Kier molecular flexibility index (Phi) is 3.53. The number of hydrogen-bond acceptors (Lipinski definition) is 1. The van der Waals surface area contributed by atoms with Crippen LogP contribution in [0.2, 0.25) is 0 Å². The summed E-state index contributed by atoms with van der Waals surface area (Å²) in [6.45, 7) is 6.12. The lowest BCUT2D eigenvalue weighted by Crippen LogP contribution is -2.12. The molecule has 0 fully saturated rings. The Hall–Kier alpha value is -1.02. The molecule has 1 aromatic rings. The quantitative estimate of drug-likeness (QED) is 0.749. The molecule has 1 aromatic carbocycles. The molecule has 0 heterocycles. The second kappa shape index (κ2) is 4.47. The maximum absolute atomic E-state index is 11.0. The van der Waals surface area contributed by atoms with E-state index >= 15 is 0 Å². The Balaban J connectivity index is 2.95. The Bertz CT molecular complexity index is 337. The zero-order valence-corrected chi connectivity index (χ0v) is 9.40. The van der Waals surface area contributed by atoms with Gasteiger partial charge in [0, 0.05) is 5.69 Å². The first-order valence-electron chi connectivity index (χ1n) is 4.48. The molecule has 0 bridgehead atoms. The van der Waals surface area contributed by atoms with Crippen LogP contribution in [-0.4, -0.2) is 11.8 Å². The summed E-state index contributed by atoms with van der Waals surface area (Å²) < 4.78 is 0. The predicted octanol–water partition coefficient (Wildman–Crippen LogP) is 2.79. The molecule has 0 aliphatic rings. The maximum atomic E-state index is 11.0. The summed E-state index contributed by atoms with van der Waals surface area (Å²) in [7, 11) is 0. The van der Waals surface area contributed by atoms with Crippen LogP contribution in [-0.2, 0) is 4.79 Å². The number of aryl methyl sites for hydroxylation is 2. The number of hydrogen-bond donors (Lipinski definition) is 1. The molecular formula is C11H14ClNO. The monoisotopic (exact) mass is 211 g/mol. The van der Waals surface area contributed by atoms with Crippen LogP contribution in [0.4, 0.5) is 5.69 Å². The zero-order valence-electron chi connectivity index (χ0n) is 8.65. The third-order valence-corrected chi connectivity index (χ3v) is 2.57. The number of halogens is 1. The fourth-order valence-corrected chi connectivity index (χ4v) is 1.37. The van der Waals surface area contributed by atoms with Gasteiger partial charge in [0.1, 0.15) is 5.88 Å². The van der Waals surface area contributed by atoms with Gasteiger partial charge in [0.2, 0.25) is 5.91 Å². The molecule has 1 N–H and O–H groups in total. The largest absolute Gasteiger partial charge is 0.325 e. The van der Waals surface area contributed by atoms with Crippen molar-refractivity contribution >= 4 is 23.2 Å². The molecule has 0 aliphatic carbocycles. The molecule has 0 atom stereocenters. The van der Waals surface area contributed by atoms with Gasteiger partial charge in [-0.2, -0.15) is 0 Å². The minimum Gasteiger partial charge on any atom is -0.325 e. The van der Waals surface area contributed by atoms with E-state index in [1.165, 1.54) is 16.7 Å². The molecule has 0 unspecified atom stereocenters. The summed E-state index contributed by atoms with van der Waals surface area (Å²) in [5.41, 5.74) is 4.43. The Labute approximate surface area is 89.3 Å². The highest BCUT2D eigenvalue weighted by Gasteiger charge is 2.03. The van der Waals surface area contributed by atoms with Crippen molar-refractivity contribution in [3.63, 3.8) is 0 Å². The van der Waals surface area contributed by atoms with Crippen molar-refractivity contribution in [2.45, 2.75) is 20.8 Å². The van der Waals surface area contributed by atoms with Crippen LogP contribution in [0.1, 0.15) is 16.7 Å². The second-order valence-corrected chi connectivity index (χ2v) is 3.68. The van der Waals surface area contributed by atoms with E-state index in [9.17, 15) is 4.79 Å². The summed E-state index contributed by atoms with van der Waals surface area (Å²) in [5.74, 6) is -0.180. The zero-order chi connectivity index (χ0) is 10.7. The highest BCUT2D eigenvalue weighted by Crippen LogP contribution is 2.18. The molecule has 2 nitrogen and oxygen atoms in total. The van der Waals surface area contributed by atoms with Gasteiger partial charge in [-0.3, -0.25) is 4.79 Å². The molecule has 0 saturated carbocycles. The number of anilines is 1. The number of alkyl halides is 1. The van der Waals surface area contributed by atoms with Gasteiger partial charge < -0.3 is 5.32 Å². The molecule has 3 heteroatoms. The van der Waals surface area contributed by atoms with E-state index in [2.05, 4.69) is 12.2 Å². The number of rotatable bonds is 2. The van der Waals surface area contributed by atoms with E-state index in [-0.39, 0.29) is 11.8 Å². The molecule has 0 radical (unpaired) electrons. The molecule has 14 heavy (non-hydrogen) atoms. The summed E-state index contributed by atoms with van der Waals surface area (Å²) in [6, 6.07) is 3.90. The van der Waals surface area contributed by atoms with Crippen LogP contribution in [0.15, 0.2) is 12.1 Å². The fraction of sp³-hybridized carbons (Fsp3) is 0.364. The van der Waals surface area contributed by atoms with Crippen LogP contribution >= 0.6 is 11.6 Å². The first-order valence-corrected chi connectivity index (χ1v) is 5.01. The minimum absolute atomic E-state index is 0.00796.